The fraction of sp³-hybridized carbons (Fsp3) is 0.500. The largest absolute Gasteiger partial charge is 0.396 e. The maximum Gasteiger partial charge on any atom is 0.330 e. The highest BCUT2D eigenvalue weighted by atomic mass is 16.3. The number of hydrogen-bond donors (Lipinski definition) is 3. The number of aromatic nitrogens is 4. The molecule has 7 nitrogen and oxygen atoms in total. The number of rotatable bonds is 4. The van der Waals surface area contributed by atoms with Gasteiger partial charge < -0.3 is 10.1 Å². The lowest BCUT2D eigenvalue weighted by Gasteiger charge is -1.99. The summed E-state index contributed by atoms with van der Waals surface area (Å²) in [5.41, 5.74) is -0.240. The molecule has 0 radical (unpaired) electrons. The Kier molecular flexibility index (Phi) is 3.10. The summed E-state index contributed by atoms with van der Waals surface area (Å²) in [7, 11) is 0. The normalized spacial score (nSPS) is 11.2. The summed E-state index contributed by atoms with van der Waals surface area (Å²) in [5.74, 6) is 0.604. The van der Waals surface area contributed by atoms with Crippen LogP contribution in [0.25, 0.3) is 11.2 Å². The minimum absolute atomic E-state index is 0.0635. The van der Waals surface area contributed by atoms with Crippen LogP contribution in [0.5, 0.6) is 0 Å². The van der Waals surface area contributed by atoms with E-state index in [0.717, 1.165) is 0 Å². The number of fused-ring (bicyclic) bond motifs is 1. The molecule has 0 aliphatic rings. The van der Waals surface area contributed by atoms with Crippen LogP contribution in [-0.4, -0.2) is 31.2 Å². The SMILES string of the molecule is CCn1c(=O)[nH]c(=O)c2[nH]c(CCCO)nc21. The van der Waals surface area contributed by atoms with E-state index in [2.05, 4.69) is 15.0 Å². The molecular weight excluding hydrogens is 224 g/mol. The minimum atomic E-state index is -0.461. The van der Waals surface area contributed by atoms with Gasteiger partial charge in [0.2, 0.25) is 0 Å². The number of nitrogens with one attached hydrogen (secondary N) is 2. The van der Waals surface area contributed by atoms with E-state index in [0.29, 0.717) is 36.4 Å². The van der Waals surface area contributed by atoms with Crippen LogP contribution < -0.4 is 11.2 Å². The second-order valence-electron chi connectivity index (χ2n) is 3.71. The van der Waals surface area contributed by atoms with Gasteiger partial charge in [-0.15, -0.1) is 0 Å². The van der Waals surface area contributed by atoms with Crippen molar-refractivity contribution in [1.82, 2.24) is 19.5 Å². The Bertz CT molecular complexity index is 637. The molecular formula is C10H14N4O3. The van der Waals surface area contributed by atoms with Crippen LogP contribution in [0.1, 0.15) is 19.2 Å². The van der Waals surface area contributed by atoms with Crippen LogP contribution in [0.4, 0.5) is 0 Å². The van der Waals surface area contributed by atoms with Crippen molar-refractivity contribution >= 4 is 11.2 Å². The topological polar surface area (TPSA) is 104 Å². The highest BCUT2D eigenvalue weighted by molar-refractivity contribution is 5.69. The highest BCUT2D eigenvalue weighted by Gasteiger charge is 2.11. The molecule has 2 rings (SSSR count). The number of H-pyrrole nitrogens is 2. The molecule has 0 aliphatic carbocycles. The molecule has 2 heterocycles. The number of imidazole rings is 1. The van der Waals surface area contributed by atoms with Crippen LogP contribution >= 0.6 is 0 Å². The first-order valence-electron chi connectivity index (χ1n) is 5.50. The van der Waals surface area contributed by atoms with Crippen LogP contribution in [0.15, 0.2) is 9.59 Å². The molecule has 0 fully saturated rings. The quantitative estimate of drug-likeness (QED) is 0.658. The van der Waals surface area contributed by atoms with E-state index < -0.39 is 11.2 Å². The van der Waals surface area contributed by atoms with Crippen molar-refractivity contribution in [2.45, 2.75) is 26.3 Å². The number of aliphatic hydroxyl groups excluding tert-OH is 1. The molecule has 0 aromatic carbocycles. The lowest BCUT2D eigenvalue weighted by Crippen LogP contribution is -2.29. The zero-order chi connectivity index (χ0) is 12.4. The molecule has 0 saturated heterocycles. The van der Waals surface area contributed by atoms with E-state index >= 15 is 0 Å². The molecule has 0 atom stereocenters. The average Bonchev–Trinajstić information content (AvgIpc) is 2.71. The summed E-state index contributed by atoms with van der Waals surface area (Å²) in [6.45, 7) is 2.31. The van der Waals surface area contributed by atoms with Crippen molar-refractivity contribution in [3.05, 3.63) is 26.7 Å². The van der Waals surface area contributed by atoms with Crippen LogP contribution in [0.2, 0.25) is 0 Å². The van der Waals surface area contributed by atoms with Crippen molar-refractivity contribution in [3.63, 3.8) is 0 Å². The Morgan fingerprint density at radius 3 is 2.76 bits per heavy atom. The first-order valence-corrected chi connectivity index (χ1v) is 5.50. The summed E-state index contributed by atoms with van der Waals surface area (Å²) in [5, 5.41) is 8.74. The fourth-order valence-electron chi connectivity index (χ4n) is 1.75. The Labute approximate surface area is 96.1 Å². The lowest BCUT2D eigenvalue weighted by molar-refractivity contribution is 0.287. The predicted octanol–water partition coefficient (Wildman–Crippen LogP) is -0.642. The van der Waals surface area contributed by atoms with E-state index in [-0.39, 0.29) is 6.61 Å². The van der Waals surface area contributed by atoms with Crippen LogP contribution in [0.3, 0.4) is 0 Å². The zero-order valence-electron chi connectivity index (χ0n) is 9.49. The summed E-state index contributed by atoms with van der Waals surface area (Å²) in [6.07, 6.45) is 1.11. The number of aromatic amines is 2. The average molecular weight is 238 g/mol. The molecule has 0 aliphatic heterocycles. The van der Waals surface area contributed by atoms with Gasteiger partial charge in [0, 0.05) is 19.6 Å². The van der Waals surface area contributed by atoms with E-state index in [1.165, 1.54) is 4.57 Å². The summed E-state index contributed by atoms with van der Waals surface area (Å²) < 4.78 is 1.40. The van der Waals surface area contributed by atoms with Gasteiger partial charge in [0.25, 0.3) is 5.56 Å². The maximum atomic E-state index is 11.6. The van der Waals surface area contributed by atoms with Gasteiger partial charge in [-0.3, -0.25) is 14.3 Å². The number of hydrogen-bond acceptors (Lipinski definition) is 4. The smallest absolute Gasteiger partial charge is 0.330 e. The predicted molar refractivity (Wildman–Crippen MR) is 62.1 cm³/mol. The second-order valence-corrected chi connectivity index (χ2v) is 3.71. The minimum Gasteiger partial charge on any atom is -0.396 e. The first-order chi connectivity index (χ1) is 8.17. The molecule has 0 amide bonds. The summed E-state index contributed by atoms with van der Waals surface area (Å²) in [4.78, 5) is 32.4. The molecule has 0 bridgehead atoms. The van der Waals surface area contributed by atoms with Gasteiger partial charge in [0.1, 0.15) is 11.3 Å². The van der Waals surface area contributed by atoms with Gasteiger partial charge in [0.15, 0.2) is 5.65 Å². The third-order valence-corrected chi connectivity index (χ3v) is 2.57. The molecule has 0 unspecified atom stereocenters. The molecule has 92 valence electrons. The van der Waals surface area contributed by atoms with Gasteiger partial charge in [-0.1, -0.05) is 0 Å². The summed E-state index contributed by atoms with van der Waals surface area (Å²) >= 11 is 0. The third-order valence-electron chi connectivity index (χ3n) is 2.57. The van der Waals surface area contributed by atoms with Crippen molar-refractivity contribution in [2.75, 3.05) is 6.61 Å². The van der Waals surface area contributed by atoms with Gasteiger partial charge in [0.05, 0.1) is 0 Å². The van der Waals surface area contributed by atoms with E-state index in [9.17, 15) is 9.59 Å². The Morgan fingerprint density at radius 2 is 2.12 bits per heavy atom. The van der Waals surface area contributed by atoms with E-state index in [1.54, 1.807) is 6.92 Å². The van der Waals surface area contributed by atoms with Gasteiger partial charge in [-0.05, 0) is 13.3 Å². The standard InChI is InChI=1S/C10H14N4O3/c1-2-14-8-7(9(16)13-10(14)17)11-6(12-8)4-3-5-15/h15H,2-5H2,1H3,(H,11,12)(H,13,16,17). The van der Waals surface area contributed by atoms with Crippen molar-refractivity contribution in [2.24, 2.45) is 0 Å². The molecule has 17 heavy (non-hydrogen) atoms. The number of aliphatic hydroxyl groups is 1. The van der Waals surface area contributed by atoms with E-state index in [1.807, 2.05) is 0 Å². The lowest BCUT2D eigenvalue weighted by atomic mass is 10.3. The zero-order valence-corrected chi connectivity index (χ0v) is 9.49. The third kappa shape index (κ3) is 2.01. The monoisotopic (exact) mass is 238 g/mol. The van der Waals surface area contributed by atoms with Gasteiger partial charge in [-0.2, -0.15) is 0 Å². The maximum absolute atomic E-state index is 11.6. The highest BCUT2D eigenvalue weighted by Crippen LogP contribution is 2.06. The van der Waals surface area contributed by atoms with Crippen molar-refractivity contribution < 1.29 is 5.11 Å². The van der Waals surface area contributed by atoms with Crippen LogP contribution in [-0.2, 0) is 13.0 Å². The molecule has 3 N–H and O–H groups in total. The Balaban J connectivity index is 2.62. The van der Waals surface area contributed by atoms with Crippen LogP contribution in [0, 0.1) is 0 Å². The van der Waals surface area contributed by atoms with Crippen molar-refractivity contribution in [1.29, 1.82) is 0 Å². The van der Waals surface area contributed by atoms with E-state index in [4.69, 9.17) is 5.11 Å². The van der Waals surface area contributed by atoms with Gasteiger partial charge >= 0.3 is 5.69 Å². The molecule has 7 heteroatoms. The Morgan fingerprint density at radius 1 is 1.35 bits per heavy atom. The van der Waals surface area contributed by atoms with Crippen molar-refractivity contribution in [3.8, 4) is 0 Å². The Hall–Kier alpha value is -1.89. The number of nitrogens with zero attached hydrogens (tertiary/aromatic N) is 2. The first kappa shape index (κ1) is 11.6. The number of aryl methyl sites for hydroxylation is 2. The molecule has 2 aromatic heterocycles. The summed E-state index contributed by atoms with van der Waals surface area (Å²) in [6, 6.07) is 0. The second kappa shape index (κ2) is 4.54. The molecule has 2 aromatic rings. The van der Waals surface area contributed by atoms with Gasteiger partial charge in [-0.25, -0.2) is 9.78 Å². The molecule has 0 spiro atoms. The fourth-order valence-corrected chi connectivity index (χ4v) is 1.75. The molecule has 0 saturated carbocycles.